The molecule has 1 rings (SSSR count). The van der Waals surface area contributed by atoms with Crippen LogP contribution in [0.5, 0.6) is 0 Å². The summed E-state index contributed by atoms with van der Waals surface area (Å²) in [7, 11) is -4.82. The second kappa shape index (κ2) is 41.9. The van der Waals surface area contributed by atoms with Gasteiger partial charge in [-0.05, 0) is 82.4 Å². The maximum Gasteiger partial charge on any atom is 1.00 e. The van der Waals surface area contributed by atoms with Gasteiger partial charge in [0, 0.05) is 0 Å². The molecule has 1 aromatic carbocycles. The molecule has 0 saturated carbocycles. The van der Waals surface area contributed by atoms with E-state index in [4.69, 9.17) is 9.47 Å². The van der Waals surface area contributed by atoms with Crippen LogP contribution in [0.15, 0.2) is 47.4 Å². The summed E-state index contributed by atoms with van der Waals surface area (Å²) in [6.07, 6.45) is 50.8. The van der Waals surface area contributed by atoms with E-state index in [2.05, 4.69) is 38.2 Å². The molecule has 0 amide bonds. The van der Waals surface area contributed by atoms with Gasteiger partial charge in [-0.2, -0.15) is 0 Å². The van der Waals surface area contributed by atoms with Crippen molar-refractivity contribution >= 4 is 22.1 Å². The molecule has 0 radical (unpaired) electrons. The molecule has 0 N–H and O–H groups in total. The van der Waals surface area contributed by atoms with Crippen molar-refractivity contribution < 1.29 is 61.6 Å². The predicted octanol–water partition coefficient (Wildman–Crippen LogP) is 12.3. The minimum atomic E-state index is -4.82. The van der Waals surface area contributed by atoms with Gasteiger partial charge in [-0.3, -0.25) is 0 Å². The molecule has 334 valence electrons. The van der Waals surface area contributed by atoms with Crippen molar-refractivity contribution in [3.63, 3.8) is 0 Å². The summed E-state index contributed by atoms with van der Waals surface area (Å²) >= 11 is 0. The van der Waals surface area contributed by atoms with Gasteiger partial charge >= 0.3 is 41.5 Å². The standard InChI is InChI=1S/C50H86O7S.Na/c1-3-5-7-9-11-13-15-17-19-21-23-25-27-29-31-33-35-37-39-43-56-49(51)47-42-41-46(58(53,54)55)45-48(47)50(52)57-44-40-38-36-34-32-30-28-26-24-22-20-18-16-14-12-10-8-6-4-2;/h21-24,41-42,45H,3-20,25-40,43-44H2,1-2H3,(H,53,54,55);/q;+1/p-1/b23-21+,24-22+;. The fraction of sp³-hybridized carbons (Fsp3) is 0.760. The van der Waals surface area contributed by atoms with Crippen LogP contribution in [-0.4, -0.2) is 38.1 Å². The van der Waals surface area contributed by atoms with Crippen molar-refractivity contribution in [2.45, 2.75) is 237 Å². The van der Waals surface area contributed by atoms with Gasteiger partial charge in [0.05, 0.1) is 29.2 Å². The molecule has 0 saturated heterocycles. The first kappa shape index (κ1) is 57.5. The molecule has 0 heterocycles. The molecular weight excluding hydrogens is 768 g/mol. The average Bonchev–Trinajstić information content (AvgIpc) is 3.21. The molecular formula is C50H85NaO7S. The van der Waals surface area contributed by atoms with E-state index in [0.29, 0.717) is 12.8 Å². The molecule has 9 heteroatoms. The van der Waals surface area contributed by atoms with Crippen LogP contribution in [-0.2, 0) is 19.6 Å². The summed E-state index contributed by atoms with van der Waals surface area (Å²) < 4.78 is 45.9. The summed E-state index contributed by atoms with van der Waals surface area (Å²) in [5, 5.41) is 0. The maximum atomic E-state index is 13.0. The van der Waals surface area contributed by atoms with E-state index in [1.165, 1.54) is 160 Å². The summed E-state index contributed by atoms with van der Waals surface area (Å²) in [6.45, 7) is 4.88. The second-order valence-electron chi connectivity index (χ2n) is 16.4. The van der Waals surface area contributed by atoms with E-state index < -0.39 is 27.0 Å². The second-order valence-corrected chi connectivity index (χ2v) is 17.8. The first-order valence-electron chi connectivity index (χ1n) is 24.0. The minimum Gasteiger partial charge on any atom is -0.744 e. The normalized spacial score (nSPS) is 11.7. The quantitative estimate of drug-likeness (QED) is 0.0212. The fourth-order valence-corrected chi connectivity index (χ4v) is 7.77. The SMILES string of the molecule is CCCCCCCCCC/C=C/CCCCCCCCCOC(=O)c1ccc(S(=O)(=O)[O-])cc1C(=O)OCCCCCCCCC/C=C/CCCCCCCCCC.[Na+]. The van der Waals surface area contributed by atoms with Crippen molar-refractivity contribution in [1.29, 1.82) is 0 Å². The molecule has 0 aliphatic heterocycles. The largest absolute Gasteiger partial charge is 1.00 e. The Hall–Kier alpha value is -1.45. The Morgan fingerprint density at radius 2 is 0.746 bits per heavy atom. The number of benzene rings is 1. The third-order valence-electron chi connectivity index (χ3n) is 11.0. The molecule has 0 unspecified atom stereocenters. The van der Waals surface area contributed by atoms with Crippen molar-refractivity contribution in [3.8, 4) is 0 Å². The number of carbonyl (C=O) groups is 2. The van der Waals surface area contributed by atoms with Crippen LogP contribution in [0.3, 0.4) is 0 Å². The Morgan fingerprint density at radius 3 is 1.07 bits per heavy atom. The Balaban J connectivity index is 0.0000336. The fourth-order valence-electron chi connectivity index (χ4n) is 7.27. The van der Waals surface area contributed by atoms with Crippen molar-refractivity contribution in [2.75, 3.05) is 13.2 Å². The zero-order valence-electron chi connectivity index (χ0n) is 38.3. The van der Waals surface area contributed by atoms with Gasteiger partial charge in [-0.25, -0.2) is 18.0 Å². The molecule has 7 nitrogen and oxygen atoms in total. The van der Waals surface area contributed by atoms with Crippen molar-refractivity contribution in [2.24, 2.45) is 0 Å². The van der Waals surface area contributed by atoms with Gasteiger partial charge in [0.15, 0.2) is 0 Å². The number of hydrogen-bond donors (Lipinski definition) is 0. The van der Waals surface area contributed by atoms with Gasteiger partial charge in [0.1, 0.15) is 10.1 Å². The van der Waals surface area contributed by atoms with E-state index in [-0.39, 0.29) is 53.9 Å². The Bertz CT molecular complexity index is 1310. The summed E-state index contributed by atoms with van der Waals surface area (Å²) in [4.78, 5) is 25.3. The molecule has 0 bridgehead atoms. The first-order valence-corrected chi connectivity index (χ1v) is 25.5. The number of esters is 2. The van der Waals surface area contributed by atoms with Gasteiger partial charge in [0.25, 0.3) is 0 Å². The van der Waals surface area contributed by atoms with Crippen LogP contribution < -0.4 is 29.6 Å². The molecule has 59 heavy (non-hydrogen) atoms. The Morgan fingerprint density at radius 1 is 0.458 bits per heavy atom. The van der Waals surface area contributed by atoms with Crippen molar-refractivity contribution in [1.82, 2.24) is 0 Å². The maximum absolute atomic E-state index is 13.0. The molecule has 0 aromatic heterocycles. The van der Waals surface area contributed by atoms with Gasteiger partial charge in [-0.1, -0.05) is 192 Å². The zero-order valence-corrected chi connectivity index (χ0v) is 41.1. The average molecular weight is 853 g/mol. The van der Waals surface area contributed by atoms with E-state index in [0.717, 1.165) is 63.5 Å². The smallest absolute Gasteiger partial charge is 0.744 e. The number of carbonyl (C=O) groups excluding carboxylic acids is 2. The topological polar surface area (TPSA) is 110 Å². The van der Waals surface area contributed by atoms with Gasteiger partial charge < -0.3 is 14.0 Å². The van der Waals surface area contributed by atoms with Crippen LogP contribution in [0.4, 0.5) is 0 Å². The van der Waals surface area contributed by atoms with E-state index >= 15 is 0 Å². The van der Waals surface area contributed by atoms with E-state index in [1.807, 2.05) is 0 Å². The van der Waals surface area contributed by atoms with Crippen LogP contribution in [0.25, 0.3) is 0 Å². The zero-order chi connectivity index (χ0) is 42.2. The van der Waals surface area contributed by atoms with Crippen LogP contribution >= 0.6 is 0 Å². The summed E-state index contributed by atoms with van der Waals surface area (Å²) in [5.74, 6) is -1.55. The minimum absolute atomic E-state index is 0. The Labute approximate surface area is 385 Å². The first-order chi connectivity index (χ1) is 28.3. The van der Waals surface area contributed by atoms with Crippen molar-refractivity contribution in [3.05, 3.63) is 53.6 Å². The van der Waals surface area contributed by atoms with Crippen LogP contribution in [0.1, 0.15) is 253 Å². The Kier molecular flexibility index (Phi) is 40.9. The molecule has 1 aromatic rings. The molecule has 0 spiro atoms. The number of ether oxygens (including phenoxy) is 2. The number of allylic oxidation sites excluding steroid dienone is 4. The van der Waals surface area contributed by atoms with E-state index in [1.54, 1.807) is 0 Å². The number of rotatable bonds is 41. The monoisotopic (exact) mass is 853 g/mol. The molecule has 0 atom stereocenters. The van der Waals surface area contributed by atoms with Crippen LogP contribution in [0, 0.1) is 0 Å². The number of unbranched alkanes of at least 4 members (excludes halogenated alkanes) is 30. The molecule has 0 aliphatic rings. The molecule has 0 aliphatic carbocycles. The van der Waals surface area contributed by atoms with E-state index in [9.17, 15) is 22.6 Å². The predicted molar refractivity (Wildman–Crippen MR) is 242 cm³/mol. The third kappa shape index (κ3) is 34.8. The molecule has 0 fully saturated rings. The van der Waals surface area contributed by atoms with Gasteiger partial charge in [-0.15, -0.1) is 0 Å². The third-order valence-corrected chi connectivity index (χ3v) is 11.8. The summed E-state index contributed by atoms with van der Waals surface area (Å²) in [5.41, 5.74) is -0.343. The van der Waals surface area contributed by atoms with Crippen LogP contribution in [0.2, 0.25) is 0 Å². The summed E-state index contributed by atoms with van der Waals surface area (Å²) in [6, 6.07) is 3.14. The van der Waals surface area contributed by atoms with Gasteiger partial charge in [0.2, 0.25) is 0 Å². The number of hydrogen-bond acceptors (Lipinski definition) is 7.